The van der Waals surface area contributed by atoms with E-state index in [1.165, 1.54) is 16.8 Å². The van der Waals surface area contributed by atoms with E-state index in [0.29, 0.717) is 38.1 Å². The Morgan fingerprint density at radius 3 is 2.40 bits per heavy atom. The largest absolute Gasteiger partial charge is 0.508 e. The molecule has 0 spiro atoms. The summed E-state index contributed by atoms with van der Waals surface area (Å²) in [4.78, 5) is 43.3. The highest BCUT2D eigenvalue weighted by molar-refractivity contribution is 6.05. The number of nitrogens with zero attached hydrogens (tertiary/aromatic N) is 3. The van der Waals surface area contributed by atoms with E-state index >= 15 is 8.78 Å². The zero-order valence-corrected chi connectivity index (χ0v) is 31.0. The third kappa shape index (κ3) is 8.03. The molecule has 3 atom stereocenters. The molecule has 1 unspecified atom stereocenters. The number of carbonyl (C=O) groups is 3. The number of piperidine rings is 1. The maximum Gasteiger partial charge on any atom is 0.281 e. The number of alkyl halides is 2. The van der Waals surface area contributed by atoms with Crippen LogP contribution in [-0.2, 0) is 20.8 Å². The Morgan fingerprint density at radius 2 is 1.64 bits per heavy atom. The van der Waals surface area contributed by atoms with Crippen molar-refractivity contribution in [3.05, 3.63) is 118 Å². The average Bonchev–Trinajstić information content (AvgIpc) is 3.52. The molecular weight excluding hydrogens is 703 g/mol. The monoisotopic (exact) mass is 750 g/mol. The molecule has 5 aliphatic rings. The van der Waals surface area contributed by atoms with E-state index in [1.54, 1.807) is 23.1 Å². The lowest BCUT2D eigenvalue weighted by molar-refractivity contribution is -0.142. The molecule has 11 heteroatoms. The average molecular weight is 751 g/mol. The van der Waals surface area contributed by atoms with Crippen molar-refractivity contribution in [1.82, 2.24) is 20.0 Å². The predicted octanol–water partition coefficient (Wildman–Crippen LogP) is 6.29. The predicted molar refractivity (Wildman–Crippen MR) is 204 cm³/mol. The van der Waals surface area contributed by atoms with Gasteiger partial charge in [0.05, 0.1) is 0 Å². The van der Waals surface area contributed by atoms with E-state index in [-0.39, 0.29) is 42.2 Å². The summed E-state index contributed by atoms with van der Waals surface area (Å²) in [6.07, 6.45) is 5.98. The van der Waals surface area contributed by atoms with Crippen molar-refractivity contribution in [2.75, 3.05) is 45.9 Å². The number of hydrogen-bond donors (Lipinski definition) is 2. The molecule has 2 N–H and O–H groups in total. The number of carbonyl (C=O) groups excluding carboxylic acids is 3. The lowest BCUT2D eigenvalue weighted by Crippen LogP contribution is -2.53. The smallest absolute Gasteiger partial charge is 0.281 e. The molecule has 3 aliphatic heterocycles. The lowest BCUT2D eigenvalue weighted by Gasteiger charge is -2.38. The third-order valence-electron chi connectivity index (χ3n) is 12.1. The fourth-order valence-corrected chi connectivity index (χ4v) is 9.20. The van der Waals surface area contributed by atoms with Gasteiger partial charge in [-0.05, 0) is 109 Å². The van der Waals surface area contributed by atoms with Crippen LogP contribution in [0.25, 0.3) is 0 Å². The fourth-order valence-electron chi connectivity index (χ4n) is 9.20. The number of allylic oxidation sites excluding steroid dienone is 1. The fraction of sp³-hybridized carbons (Fsp3) is 0.432. The van der Waals surface area contributed by atoms with Gasteiger partial charge in [-0.2, -0.15) is 0 Å². The van der Waals surface area contributed by atoms with E-state index in [0.717, 1.165) is 67.7 Å². The first-order valence-corrected chi connectivity index (χ1v) is 19.6. The summed E-state index contributed by atoms with van der Waals surface area (Å²) in [6, 6.07) is 23.0. The molecule has 288 valence electrons. The molecule has 0 radical (unpaired) electrons. The Hall–Kier alpha value is -5.03. The lowest BCUT2D eigenvalue weighted by atomic mass is 9.69. The van der Waals surface area contributed by atoms with E-state index in [4.69, 9.17) is 4.74 Å². The minimum atomic E-state index is -2.96. The van der Waals surface area contributed by atoms with Gasteiger partial charge in [0.1, 0.15) is 17.5 Å². The maximum atomic E-state index is 15.0. The van der Waals surface area contributed by atoms with Crippen LogP contribution in [0.2, 0.25) is 0 Å². The molecule has 0 saturated carbocycles. The maximum absolute atomic E-state index is 15.0. The summed E-state index contributed by atoms with van der Waals surface area (Å²) >= 11 is 0. The highest BCUT2D eigenvalue weighted by Gasteiger charge is 2.41. The minimum absolute atomic E-state index is 0.0737. The number of ether oxygens (including phenoxy) is 1. The molecule has 3 aromatic carbocycles. The number of fused-ring (bicyclic) bond motifs is 1. The number of aryl methyl sites for hydroxylation is 1. The number of rotatable bonds is 11. The quantitative estimate of drug-likeness (QED) is 0.222. The third-order valence-corrected chi connectivity index (χ3v) is 12.1. The number of phenols is 1. The van der Waals surface area contributed by atoms with E-state index in [1.807, 2.05) is 30.3 Å². The molecule has 2 aliphatic carbocycles. The molecule has 0 bridgehead atoms. The number of nitrogens with one attached hydrogen (secondary N) is 1. The summed E-state index contributed by atoms with van der Waals surface area (Å²) in [6.45, 7) is 3.42. The Labute approximate surface area is 320 Å². The molecular formula is C44H48F2N4O5. The summed E-state index contributed by atoms with van der Waals surface area (Å²) in [5, 5.41) is 12.5. The normalized spacial score (nSPS) is 23.3. The molecule has 3 amide bonds. The van der Waals surface area contributed by atoms with Crippen molar-refractivity contribution in [2.45, 2.75) is 75.2 Å². The van der Waals surface area contributed by atoms with Crippen LogP contribution in [0.5, 0.6) is 11.5 Å². The number of phenolic OH excluding ortho intramolecular Hbond substituents is 1. The topological polar surface area (TPSA) is 102 Å². The zero-order chi connectivity index (χ0) is 38.1. The van der Waals surface area contributed by atoms with E-state index < -0.39 is 24.5 Å². The van der Waals surface area contributed by atoms with Crippen LogP contribution < -0.4 is 10.1 Å². The van der Waals surface area contributed by atoms with Crippen molar-refractivity contribution in [3.63, 3.8) is 0 Å². The first-order valence-electron chi connectivity index (χ1n) is 19.6. The Kier molecular flexibility index (Phi) is 10.5. The number of halogens is 2. The van der Waals surface area contributed by atoms with Crippen molar-refractivity contribution in [2.24, 2.45) is 0 Å². The highest BCUT2D eigenvalue weighted by Crippen LogP contribution is 2.47. The standard InChI is InChI=1S/C44H48F2N4O5/c45-44(46,28-55-35-12-7-30(8-13-35)41-36(29-5-2-1-3-6-29)14-9-31-26-34(51)11-16-37(31)41)19-4-20-48-21-23-49(24-22-48)33-10-15-38-32(25-33)27-50(43(38)54)39-17-18-40(52)47-42(39)53/h1-3,5-8,11-13,16,25-26,36,39,41,51H,4,9-10,14-15,17-24,27-28H2,(H,47,52,53)/t36-,39?,41+/m1/s1. The van der Waals surface area contributed by atoms with Gasteiger partial charge >= 0.3 is 0 Å². The van der Waals surface area contributed by atoms with Crippen LogP contribution in [0.3, 0.4) is 0 Å². The summed E-state index contributed by atoms with van der Waals surface area (Å²) in [5.74, 6) is -2.74. The molecule has 8 rings (SSSR count). The van der Waals surface area contributed by atoms with Crippen LogP contribution in [-0.4, -0.2) is 95.4 Å². The van der Waals surface area contributed by atoms with Gasteiger partial charge in [-0.15, -0.1) is 0 Å². The van der Waals surface area contributed by atoms with Crippen molar-refractivity contribution in [1.29, 1.82) is 0 Å². The number of aromatic hydroxyl groups is 1. The second-order valence-corrected chi connectivity index (χ2v) is 15.6. The van der Waals surface area contributed by atoms with Gasteiger partial charge in [-0.3, -0.25) is 24.6 Å². The molecule has 3 heterocycles. The number of benzene rings is 3. The van der Waals surface area contributed by atoms with Gasteiger partial charge in [0.15, 0.2) is 6.61 Å². The molecule has 2 fully saturated rings. The van der Waals surface area contributed by atoms with Crippen LogP contribution in [0, 0.1) is 0 Å². The van der Waals surface area contributed by atoms with Gasteiger partial charge in [-0.25, -0.2) is 8.78 Å². The van der Waals surface area contributed by atoms with Crippen LogP contribution in [0.15, 0.2) is 95.7 Å². The Balaban J connectivity index is 0.800. The minimum Gasteiger partial charge on any atom is -0.508 e. The van der Waals surface area contributed by atoms with Crippen molar-refractivity contribution < 1.29 is 33.0 Å². The van der Waals surface area contributed by atoms with Gasteiger partial charge in [-0.1, -0.05) is 48.5 Å². The Bertz CT molecular complexity index is 1990. The van der Waals surface area contributed by atoms with E-state index in [9.17, 15) is 19.5 Å². The van der Waals surface area contributed by atoms with Crippen LogP contribution in [0.4, 0.5) is 8.78 Å². The Morgan fingerprint density at radius 1 is 0.855 bits per heavy atom. The van der Waals surface area contributed by atoms with Crippen molar-refractivity contribution in [3.8, 4) is 11.5 Å². The molecule has 55 heavy (non-hydrogen) atoms. The number of imide groups is 1. The van der Waals surface area contributed by atoms with Crippen molar-refractivity contribution >= 4 is 17.7 Å². The molecule has 2 saturated heterocycles. The number of piperazine rings is 1. The second-order valence-electron chi connectivity index (χ2n) is 15.6. The van der Waals surface area contributed by atoms with E-state index in [2.05, 4.69) is 45.5 Å². The second kappa shape index (κ2) is 15.6. The highest BCUT2D eigenvalue weighted by atomic mass is 19.3. The summed E-state index contributed by atoms with van der Waals surface area (Å²) < 4.78 is 35.7. The van der Waals surface area contributed by atoms with Gasteiger partial charge in [0.2, 0.25) is 11.8 Å². The number of hydrogen-bond acceptors (Lipinski definition) is 7. The van der Waals surface area contributed by atoms with Gasteiger partial charge in [0.25, 0.3) is 11.8 Å². The molecule has 9 nitrogen and oxygen atoms in total. The zero-order valence-electron chi connectivity index (χ0n) is 31.0. The first kappa shape index (κ1) is 36.9. The first-order chi connectivity index (χ1) is 26.6. The van der Waals surface area contributed by atoms with Gasteiger partial charge < -0.3 is 19.6 Å². The summed E-state index contributed by atoms with van der Waals surface area (Å²) in [5.41, 5.74) is 7.56. The van der Waals surface area contributed by atoms with Crippen LogP contribution >= 0.6 is 0 Å². The summed E-state index contributed by atoms with van der Waals surface area (Å²) in [7, 11) is 0. The molecule has 0 aromatic heterocycles. The SMILES string of the molecule is O=C1CCC(N2CC3=C(CCC(N4CCN(CCCC(F)(F)COc5ccc([C@@H]6c7ccc(O)cc7CC[C@@H]6c6ccccc6)cc5)CC4)=C3)C2=O)C(=O)N1. The van der Waals surface area contributed by atoms with Crippen LogP contribution in [0.1, 0.15) is 79.0 Å². The number of amides is 3. The van der Waals surface area contributed by atoms with Gasteiger partial charge in [0, 0.05) is 62.8 Å². The molecule has 3 aromatic rings.